The smallest absolute Gasteiger partial charge is 0.265 e. The normalized spacial score (nSPS) is 21.4. The number of amides is 1. The summed E-state index contributed by atoms with van der Waals surface area (Å²) in [4.78, 5) is 17.7. The number of benzene rings is 2. The van der Waals surface area contributed by atoms with Crippen molar-refractivity contribution in [3.05, 3.63) is 105 Å². The second kappa shape index (κ2) is 8.89. The lowest BCUT2D eigenvalue weighted by atomic mass is 9.77. The van der Waals surface area contributed by atoms with Crippen molar-refractivity contribution in [2.24, 2.45) is 11.0 Å². The molecule has 1 saturated carbocycles. The highest BCUT2D eigenvalue weighted by molar-refractivity contribution is 6.30. The van der Waals surface area contributed by atoms with Gasteiger partial charge in [-0.25, -0.2) is 5.01 Å². The summed E-state index contributed by atoms with van der Waals surface area (Å²) >= 11 is 12.2. The van der Waals surface area contributed by atoms with Crippen molar-refractivity contribution in [2.75, 3.05) is 0 Å². The number of aromatic nitrogens is 1. The first-order valence-corrected chi connectivity index (χ1v) is 11.4. The van der Waals surface area contributed by atoms with Crippen LogP contribution in [0.25, 0.3) is 6.08 Å². The number of pyridine rings is 1. The molecule has 1 aliphatic heterocycles. The van der Waals surface area contributed by atoms with Crippen LogP contribution in [-0.4, -0.2) is 21.6 Å². The predicted octanol–water partition coefficient (Wildman–Crippen LogP) is 6.83. The van der Waals surface area contributed by atoms with Gasteiger partial charge in [0.05, 0.1) is 11.8 Å². The van der Waals surface area contributed by atoms with Crippen LogP contribution in [0.3, 0.4) is 0 Å². The lowest BCUT2D eigenvalue weighted by Gasteiger charge is -2.29. The number of carbonyl (C=O) groups excluding carboxylic acids is 1. The molecule has 1 aliphatic carbocycles. The first-order chi connectivity index (χ1) is 15.6. The van der Waals surface area contributed by atoms with Crippen molar-refractivity contribution in [2.45, 2.75) is 25.3 Å². The molecular formula is C26H21Cl2N3O. The maximum atomic E-state index is 13.4. The Labute approximate surface area is 197 Å². The molecular weight excluding hydrogens is 441 g/mol. The first-order valence-electron chi connectivity index (χ1n) is 10.7. The third kappa shape index (κ3) is 4.08. The van der Waals surface area contributed by atoms with E-state index in [0.717, 1.165) is 36.1 Å². The fraction of sp³-hybridized carbons (Fsp3) is 0.192. The summed E-state index contributed by atoms with van der Waals surface area (Å²) in [6.07, 6.45) is 6.73. The van der Waals surface area contributed by atoms with E-state index in [1.165, 1.54) is 5.57 Å². The Morgan fingerprint density at radius 3 is 2.38 bits per heavy atom. The van der Waals surface area contributed by atoms with Gasteiger partial charge in [-0.05, 0) is 78.4 Å². The third-order valence-corrected chi connectivity index (χ3v) is 6.52. The SMILES string of the molecule is O=C(c1ccccn1)N1N=C2/C(=C/c3ccc(Cl)cc3)CCC[C@@H]2[C@@H]1c1ccc(Cl)cc1. The van der Waals surface area contributed by atoms with Gasteiger partial charge in [-0.15, -0.1) is 0 Å². The number of carbonyl (C=O) groups is 1. The number of hydrogen-bond acceptors (Lipinski definition) is 3. The Kier molecular flexibility index (Phi) is 5.81. The number of halogens is 2. The van der Waals surface area contributed by atoms with Crippen molar-refractivity contribution < 1.29 is 4.79 Å². The maximum absolute atomic E-state index is 13.4. The standard InChI is InChI=1S/C26H21Cl2N3O/c27-20-11-7-17(8-12-20)16-19-4-3-5-22-24(19)30-31(26(32)23-6-1-2-15-29-23)25(22)18-9-13-21(28)14-10-18/h1-2,6-16,22,25H,3-5H2/b19-16+/t22-,25-/m0/s1. The molecule has 4 nitrogen and oxygen atoms in total. The molecule has 3 aromatic rings. The number of fused-ring (bicyclic) bond motifs is 1. The number of nitrogens with zero attached hydrogens (tertiary/aromatic N) is 3. The molecule has 32 heavy (non-hydrogen) atoms. The molecule has 1 fully saturated rings. The molecule has 2 atom stereocenters. The van der Waals surface area contributed by atoms with Gasteiger partial charge in [-0.2, -0.15) is 5.10 Å². The van der Waals surface area contributed by atoms with E-state index in [9.17, 15) is 4.79 Å². The lowest BCUT2D eigenvalue weighted by molar-refractivity contribution is 0.0675. The molecule has 2 aliphatic rings. The first kappa shape index (κ1) is 20.9. The zero-order chi connectivity index (χ0) is 22.1. The van der Waals surface area contributed by atoms with E-state index in [1.54, 1.807) is 23.3 Å². The van der Waals surface area contributed by atoms with Gasteiger partial charge in [0.2, 0.25) is 0 Å². The molecule has 1 aromatic heterocycles. The molecule has 2 heterocycles. The third-order valence-electron chi connectivity index (χ3n) is 6.02. The van der Waals surface area contributed by atoms with Gasteiger partial charge in [0.1, 0.15) is 5.69 Å². The molecule has 0 radical (unpaired) electrons. The molecule has 1 amide bonds. The van der Waals surface area contributed by atoms with Gasteiger partial charge in [0, 0.05) is 22.2 Å². The summed E-state index contributed by atoms with van der Waals surface area (Å²) < 4.78 is 0. The summed E-state index contributed by atoms with van der Waals surface area (Å²) in [5, 5.41) is 7.89. The van der Waals surface area contributed by atoms with Crippen molar-refractivity contribution in [1.29, 1.82) is 0 Å². The molecule has 0 bridgehead atoms. The second-order valence-electron chi connectivity index (χ2n) is 8.07. The van der Waals surface area contributed by atoms with E-state index in [4.69, 9.17) is 28.3 Å². The van der Waals surface area contributed by atoms with E-state index in [0.29, 0.717) is 15.7 Å². The largest absolute Gasteiger partial charge is 0.293 e. The van der Waals surface area contributed by atoms with E-state index < -0.39 is 0 Å². The van der Waals surface area contributed by atoms with Crippen LogP contribution in [0.1, 0.15) is 46.9 Å². The van der Waals surface area contributed by atoms with Crippen molar-refractivity contribution in [3.63, 3.8) is 0 Å². The Bertz CT molecular complexity index is 1190. The van der Waals surface area contributed by atoms with Crippen LogP contribution in [0.4, 0.5) is 0 Å². The summed E-state index contributed by atoms with van der Waals surface area (Å²) in [5.74, 6) is -0.0746. The number of rotatable bonds is 3. The quantitative estimate of drug-likeness (QED) is 0.429. The highest BCUT2D eigenvalue weighted by Crippen LogP contribution is 2.45. The fourth-order valence-corrected chi connectivity index (χ4v) is 4.78. The molecule has 0 saturated heterocycles. The van der Waals surface area contributed by atoms with Crippen LogP contribution in [-0.2, 0) is 0 Å². The minimum Gasteiger partial charge on any atom is -0.265 e. The number of hydrazone groups is 1. The fourth-order valence-electron chi connectivity index (χ4n) is 4.53. The lowest BCUT2D eigenvalue weighted by Crippen LogP contribution is -2.32. The van der Waals surface area contributed by atoms with Gasteiger partial charge in [0.25, 0.3) is 5.91 Å². The highest BCUT2D eigenvalue weighted by Gasteiger charge is 2.44. The Hall–Kier alpha value is -2.95. The van der Waals surface area contributed by atoms with Gasteiger partial charge in [-0.3, -0.25) is 9.78 Å². The van der Waals surface area contributed by atoms with Gasteiger partial charge in [0.15, 0.2) is 0 Å². The maximum Gasteiger partial charge on any atom is 0.293 e. The van der Waals surface area contributed by atoms with Crippen LogP contribution < -0.4 is 0 Å². The van der Waals surface area contributed by atoms with E-state index in [1.807, 2.05) is 54.6 Å². The van der Waals surface area contributed by atoms with Crippen LogP contribution in [0.5, 0.6) is 0 Å². The summed E-state index contributed by atoms with van der Waals surface area (Å²) in [6.45, 7) is 0. The van der Waals surface area contributed by atoms with Crippen molar-refractivity contribution in [3.8, 4) is 0 Å². The summed E-state index contributed by atoms with van der Waals surface area (Å²) in [5.41, 5.74) is 4.63. The molecule has 160 valence electrons. The van der Waals surface area contributed by atoms with E-state index in [2.05, 4.69) is 11.1 Å². The average molecular weight is 462 g/mol. The van der Waals surface area contributed by atoms with Crippen LogP contribution in [0.2, 0.25) is 10.0 Å². The zero-order valence-corrected chi connectivity index (χ0v) is 18.8. The molecule has 0 N–H and O–H groups in total. The molecule has 0 spiro atoms. The molecule has 5 rings (SSSR count). The van der Waals surface area contributed by atoms with Crippen molar-refractivity contribution in [1.82, 2.24) is 9.99 Å². The van der Waals surface area contributed by atoms with E-state index in [-0.39, 0.29) is 17.9 Å². The second-order valence-corrected chi connectivity index (χ2v) is 8.94. The zero-order valence-electron chi connectivity index (χ0n) is 17.3. The minimum absolute atomic E-state index is 0.121. The topological polar surface area (TPSA) is 45.6 Å². The van der Waals surface area contributed by atoms with Crippen LogP contribution in [0.15, 0.2) is 83.6 Å². The molecule has 2 aromatic carbocycles. The van der Waals surface area contributed by atoms with Gasteiger partial charge < -0.3 is 0 Å². The summed E-state index contributed by atoms with van der Waals surface area (Å²) in [7, 11) is 0. The van der Waals surface area contributed by atoms with Crippen LogP contribution in [0, 0.1) is 5.92 Å². The molecule has 6 heteroatoms. The monoisotopic (exact) mass is 461 g/mol. The van der Waals surface area contributed by atoms with Crippen molar-refractivity contribution >= 4 is 40.9 Å². The average Bonchev–Trinajstić information content (AvgIpc) is 3.22. The number of hydrogen-bond donors (Lipinski definition) is 0. The van der Waals surface area contributed by atoms with E-state index >= 15 is 0 Å². The Morgan fingerprint density at radius 2 is 1.69 bits per heavy atom. The Morgan fingerprint density at radius 1 is 0.969 bits per heavy atom. The minimum atomic E-state index is -0.196. The van der Waals surface area contributed by atoms with Gasteiger partial charge >= 0.3 is 0 Å². The predicted molar refractivity (Wildman–Crippen MR) is 129 cm³/mol. The highest BCUT2D eigenvalue weighted by atomic mass is 35.5. The van der Waals surface area contributed by atoms with Crippen LogP contribution >= 0.6 is 23.2 Å². The number of allylic oxidation sites excluding steroid dienone is 1. The van der Waals surface area contributed by atoms with Gasteiger partial charge in [-0.1, -0.05) is 53.5 Å². The molecule has 0 unspecified atom stereocenters. The Balaban J connectivity index is 1.57. The summed E-state index contributed by atoms with van der Waals surface area (Å²) in [6, 6.07) is 20.6.